The fraction of sp³-hybridized carbons (Fsp3) is 0.360. The normalized spacial score (nSPS) is 18.3. The SMILES string of the molecule is O=C(Nc1cc(-c2ccccc2F)nc2ccc(F)cc12)C1CC2(CCCCC2)C1. The number of nitrogens with one attached hydrogen (secondary N) is 1. The molecule has 3 aromatic rings. The number of amides is 1. The van der Waals surface area contributed by atoms with Gasteiger partial charge in [0.25, 0.3) is 0 Å². The second-order valence-corrected chi connectivity index (χ2v) is 8.85. The molecular formula is C25H24F2N2O. The van der Waals surface area contributed by atoms with Crippen LogP contribution in [0.1, 0.15) is 44.9 Å². The standard InChI is InChI=1S/C25H24F2N2O/c26-17-8-9-21-19(12-17)23(13-22(28-21)18-6-2-3-7-20(18)27)29-24(30)16-14-25(15-16)10-4-1-5-11-25/h2-3,6-9,12-13,16H,1,4-5,10-11,14-15H2,(H,28,29,30). The molecular weight excluding hydrogens is 382 g/mol. The van der Waals surface area contributed by atoms with Gasteiger partial charge in [0, 0.05) is 16.9 Å². The van der Waals surface area contributed by atoms with Crippen molar-refractivity contribution in [2.45, 2.75) is 44.9 Å². The molecule has 1 heterocycles. The first-order valence-electron chi connectivity index (χ1n) is 10.7. The zero-order valence-corrected chi connectivity index (χ0v) is 16.8. The molecule has 0 radical (unpaired) electrons. The minimum absolute atomic E-state index is 0.0169. The van der Waals surface area contributed by atoms with Crippen molar-refractivity contribution in [1.29, 1.82) is 0 Å². The molecule has 154 valence electrons. The fourth-order valence-corrected chi connectivity index (χ4v) is 5.22. The van der Waals surface area contributed by atoms with Gasteiger partial charge in [-0.3, -0.25) is 4.79 Å². The number of rotatable bonds is 3. The number of pyridine rings is 1. The molecule has 2 aromatic carbocycles. The molecule has 0 saturated heterocycles. The van der Waals surface area contributed by atoms with Crippen LogP contribution in [-0.2, 0) is 4.79 Å². The zero-order chi connectivity index (χ0) is 20.7. The number of anilines is 1. The van der Waals surface area contributed by atoms with Crippen molar-refractivity contribution < 1.29 is 13.6 Å². The largest absolute Gasteiger partial charge is 0.325 e. The summed E-state index contributed by atoms with van der Waals surface area (Å²) in [6.07, 6.45) is 8.11. The predicted molar refractivity (Wildman–Crippen MR) is 114 cm³/mol. The molecule has 2 aliphatic carbocycles. The number of aromatic nitrogens is 1. The number of halogens is 2. The Morgan fingerprint density at radius 2 is 1.77 bits per heavy atom. The Balaban J connectivity index is 1.46. The van der Waals surface area contributed by atoms with Gasteiger partial charge in [-0.1, -0.05) is 31.4 Å². The minimum atomic E-state index is -0.400. The number of carbonyl (C=O) groups is 1. The van der Waals surface area contributed by atoms with E-state index < -0.39 is 5.82 Å². The third kappa shape index (κ3) is 3.47. The molecule has 2 aliphatic rings. The van der Waals surface area contributed by atoms with Crippen LogP contribution in [0.2, 0.25) is 0 Å². The van der Waals surface area contributed by atoms with Gasteiger partial charge >= 0.3 is 0 Å². The van der Waals surface area contributed by atoms with Gasteiger partial charge in [-0.2, -0.15) is 0 Å². The summed E-state index contributed by atoms with van der Waals surface area (Å²) in [4.78, 5) is 17.5. The van der Waals surface area contributed by atoms with Crippen LogP contribution in [0.15, 0.2) is 48.5 Å². The highest BCUT2D eigenvalue weighted by Gasteiger charge is 2.47. The van der Waals surface area contributed by atoms with Crippen molar-refractivity contribution in [2.75, 3.05) is 5.32 Å². The lowest BCUT2D eigenvalue weighted by molar-refractivity contribution is -0.128. The van der Waals surface area contributed by atoms with Crippen LogP contribution in [0.5, 0.6) is 0 Å². The van der Waals surface area contributed by atoms with E-state index in [4.69, 9.17) is 0 Å². The summed E-state index contributed by atoms with van der Waals surface area (Å²) in [5, 5.41) is 3.52. The molecule has 1 amide bonds. The molecule has 0 bridgehead atoms. The molecule has 2 saturated carbocycles. The van der Waals surface area contributed by atoms with Crippen molar-refractivity contribution >= 4 is 22.5 Å². The maximum Gasteiger partial charge on any atom is 0.227 e. The number of carbonyl (C=O) groups excluding carboxylic acids is 1. The van der Waals surface area contributed by atoms with Gasteiger partial charge in [0.05, 0.1) is 16.9 Å². The zero-order valence-electron chi connectivity index (χ0n) is 16.8. The van der Waals surface area contributed by atoms with E-state index in [0.717, 1.165) is 12.8 Å². The van der Waals surface area contributed by atoms with E-state index in [1.807, 2.05) is 0 Å². The second-order valence-electron chi connectivity index (χ2n) is 8.85. The van der Waals surface area contributed by atoms with E-state index in [9.17, 15) is 13.6 Å². The third-order valence-corrected chi connectivity index (χ3v) is 6.82. The monoisotopic (exact) mass is 406 g/mol. The summed E-state index contributed by atoms with van der Waals surface area (Å²) in [5.41, 5.74) is 2.12. The van der Waals surface area contributed by atoms with Crippen LogP contribution >= 0.6 is 0 Å². The molecule has 2 fully saturated rings. The Hall–Kier alpha value is -2.82. The maximum absolute atomic E-state index is 14.3. The molecule has 0 atom stereocenters. The van der Waals surface area contributed by atoms with Crippen LogP contribution < -0.4 is 5.32 Å². The van der Waals surface area contributed by atoms with Crippen molar-refractivity contribution in [1.82, 2.24) is 4.98 Å². The van der Waals surface area contributed by atoms with Gasteiger partial charge in [-0.05, 0) is 67.5 Å². The number of hydrogen-bond acceptors (Lipinski definition) is 2. The van der Waals surface area contributed by atoms with Gasteiger partial charge in [0.1, 0.15) is 11.6 Å². The van der Waals surface area contributed by atoms with E-state index in [0.29, 0.717) is 33.3 Å². The lowest BCUT2D eigenvalue weighted by Crippen LogP contribution is -2.44. The quantitative estimate of drug-likeness (QED) is 0.541. The van der Waals surface area contributed by atoms with E-state index in [2.05, 4.69) is 10.3 Å². The van der Waals surface area contributed by atoms with E-state index in [-0.39, 0.29) is 17.6 Å². The molecule has 5 heteroatoms. The molecule has 1 spiro atoms. The fourth-order valence-electron chi connectivity index (χ4n) is 5.22. The van der Waals surface area contributed by atoms with Crippen LogP contribution in [0.4, 0.5) is 14.5 Å². The van der Waals surface area contributed by atoms with Gasteiger partial charge < -0.3 is 5.32 Å². The average molecular weight is 406 g/mol. The topological polar surface area (TPSA) is 42.0 Å². The van der Waals surface area contributed by atoms with Crippen molar-refractivity contribution in [3.63, 3.8) is 0 Å². The predicted octanol–water partition coefficient (Wildman–Crippen LogP) is 6.48. The van der Waals surface area contributed by atoms with Gasteiger partial charge in [-0.25, -0.2) is 13.8 Å². The summed E-state index contributed by atoms with van der Waals surface area (Å²) in [5.74, 6) is -0.843. The molecule has 0 aliphatic heterocycles. The molecule has 5 rings (SSSR count). The van der Waals surface area contributed by atoms with Crippen molar-refractivity contribution in [3.8, 4) is 11.3 Å². The van der Waals surface area contributed by atoms with E-state index in [1.165, 1.54) is 50.3 Å². The van der Waals surface area contributed by atoms with Gasteiger partial charge in [0.2, 0.25) is 5.91 Å². The Bertz CT molecular complexity index is 1110. The first kappa shape index (κ1) is 19.2. The average Bonchev–Trinajstić information content (AvgIpc) is 2.73. The minimum Gasteiger partial charge on any atom is -0.325 e. The smallest absolute Gasteiger partial charge is 0.227 e. The van der Waals surface area contributed by atoms with Crippen molar-refractivity contribution in [2.24, 2.45) is 11.3 Å². The van der Waals surface area contributed by atoms with Crippen LogP contribution in [0, 0.1) is 23.0 Å². The summed E-state index contributed by atoms with van der Waals surface area (Å²) in [7, 11) is 0. The van der Waals surface area contributed by atoms with Crippen molar-refractivity contribution in [3.05, 3.63) is 60.2 Å². The highest BCUT2D eigenvalue weighted by Crippen LogP contribution is 2.55. The summed E-state index contributed by atoms with van der Waals surface area (Å²) >= 11 is 0. The Morgan fingerprint density at radius 3 is 2.53 bits per heavy atom. The van der Waals surface area contributed by atoms with Crippen LogP contribution in [-0.4, -0.2) is 10.9 Å². The summed E-state index contributed by atoms with van der Waals surface area (Å²) < 4.78 is 28.3. The first-order valence-corrected chi connectivity index (χ1v) is 10.7. The Kier molecular flexibility index (Phi) is 4.76. The Morgan fingerprint density at radius 1 is 1.00 bits per heavy atom. The Labute approximate surface area is 174 Å². The lowest BCUT2D eigenvalue weighted by Gasteiger charge is -2.49. The van der Waals surface area contributed by atoms with E-state index in [1.54, 1.807) is 30.3 Å². The molecule has 30 heavy (non-hydrogen) atoms. The lowest BCUT2D eigenvalue weighted by atomic mass is 9.55. The number of fused-ring (bicyclic) bond motifs is 1. The molecule has 1 N–H and O–H groups in total. The molecule has 0 unspecified atom stereocenters. The number of hydrogen-bond donors (Lipinski definition) is 1. The van der Waals surface area contributed by atoms with Crippen LogP contribution in [0.3, 0.4) is 0 Å². The summed E-state index contributed by atoms with van der Waals surface area (Å²) in [6, 6.07) is 12.3. The number of benzene rings is 2. The van der Waals surface area contributed by atoms with Crippen LogP contribution in [0.25, 0.3) is 22.2 Å². The summed E-state index contributed by atoms with van der Waals surface area (Å²) in [6.45, 7) is 0. The highest BCUT2D eigenvalue weighted by molar-refractivity contribution is 6.03. The maximum atomic E-state index is 14.3. The van der Waals surface area contributed by atoms with Gasteiger partial charge in [0.15, 0.2) is 0 Å². The highest BCUT2D eigenvalue weighted by atomic mass is 19.1. The molecule has 1 aromatic heterocycles. The third-order valence-electron chi connectivity index (χ3n) is 6.82. The first-order chi connectivity index (χ1) is 14.5. The van der Waals surface area contributed by atoms with E-state index >= 15 is 0 Å². The second kappa shape index (κ2) is 7.46. The van der Waals surface area contributed by atoms with Gasteiger partial charge in [-0.15, -0.1) is 0 Å². The molecule has 3 nitrogen and oxygen atoms in total. The number of nitrogens with zero attached hydrogens (tertiary/aromatic N) is 1.